The number of aromatic amines is 1. The summed E-state index contributed by atoms with van der Waals surface area (Å²) in [5.74, 6) is -0.373. The summed E-state index contributed by atoms with van der Waals surface area (Å²) in [6, 6.07) is 9.65. The fourth-order valence-corrected chi connectivity index (χ4v) is 3.51. The Morgan fingerprint density at radius 1 is 1.32 bits per heavy atom. The lowest BCUT2D eigenvalue weighted by atomic mass is 10.0. The van der Waals surface area contributed by atoms with Gasteiger partial charge in [0.05, 0.1) is 18.6 Å². The van der Waals surface area contributed by atoms with E-state index < -0.39 is 6.10 Å². The second-order valence-corrected chi connectivity index (χ2v) is 6.39. The third-order valence-electron chi connectivity index (χ3n) is 4.73. The van der Waals surface area contributed by atoms with Crippen molar-refractivity contribution in [2.75, 3.05) is 6.54 Å². The maximum Gasteiger partial charge on any atom is 0.227 e. The van der Waals surface area contributed by atoms with E-state index in [0.29, 0.717) is 13.0 Å². The molecular formula is C19H18FN3O2. The van der Waals surface area contributed by atoms with Gasteiger partial charge in [-0.05, 0) is 41.8 Å². The average molecular weight is 339 g/mol. The standard InChI is InChI=1S/C19H18FN3O2/c20-14-5-3-12(4-6-14)17-9-15(24)11-23(17)18(25)8-13-10-22-19-16(13)2-1-7-21-19/h1-7,10,15,17,24H,8-9,11H2,(H,21,22)/t15-,17+/m1/s1. The third kappa shape index (κ3) is 3.00. The molecule has 1 aliphatic rings. The zero-order valence-electron chi connectivity index (χ0n) is 13.5. The number of aliphatic hydroxyl groups is 1. The monoisotopic (exact) mass is 339 g/mol. The van der Waals surface area contributed by atoms with Crippen LogP contribution < -0.4 is 0 Å². The van der Waals surface area contributed by atoms with Crippen LogP contribution in [0.1, 0.15) is 23.6 Å². The van der Waals surface area contributed by atoms with Crippen molar-refractivity contribution in [1.82, 2.24) is 14.9 Å². The van der Waals surface area contributed by atoms with Crippen molar-refractivity contribution in [3.8, 4) is 0 Å². The Hall–Kier alpha value is -2.73. The number of likely N-dealkylation sites (tertiary alicyclic amines) is 1. The van der Waals surface area contributed by atoms with Gasteiger partial charge in [-0.1, -0.05) is 12.1 Å². The number of carbonyl (C=O) groups is 1. The molecule has 1 saturated heterocycles. The van der Waals surface area contributed by atoms with Crippen LogP contribution in [0.5, 0.6) is 0 Å². The van der Waals surface area contributed by atoms with Gasteiger partial charge >= 0.3 is 0 Å². The lowest BCUT2D eigenvalue weighted by Crippen LogP contribution is -2.33. The number of fused-ring (bicyclic) bond motifs is 1. The molecule has 0 saturated carbocycles. The second-order valence-electron chi connectivity index (χ2n) is 6.39. The lowest BCUT2D eigenvalue weighted by Gasteiger charge is -2.24. The van der Waals surface area contributed by atoms with E-state index in [1.54, 1.807) is 29.4 Å². The maximum atomic E-state index is 13.2. The number of H-pyrrole nitrogens is 1. The number of aromatic nitrogens is 2. The normalized spacial score (nSPS) is 20.3. The summed E-state index contributed by atoms with van der Waals surface area (Å²) in [7, 11) is 0. The quantitative estimate of drug-likeness (QED) is 0.771. The van der Waals surface area contributed by atoms with Crippen molar-refractivity contribution in [2.45, 2.75) is 25.0 Å². The number of hydrogen-bond donors (Lipinski definition) is 2. The molecule has 5 nitrogen and oxygen atoms in total. The molecule has 0 radical (unpaired) electrons. The molecule has 2 atom stereocenters. The maximum absolute atomic E-state index is 13.2. The predicted octanol–water partition coefficient (Wildman–Crippen LogP) is 2.58. The molecule has 0 unspecified atom stereocenters. The highest BCUT2D eigenvalue weighted by molar-refractivity contribution is 5.87. The number of rotatable bonds is 3. The molecular weight excluding hydrogens is 321 g/mol. The zero-order chi connectivity index (χ0) is 17.4. The Balaban J connectivity index is 1.58. The van der Waals surface area contributed by atoms with Crippen molar-refractivity contribution in [3.63, 3.8) is 0 Å². The van der Waals surface area contributed by atoms with Gasteiger partial charge in [-0.15, -0.1) is 0 Å². The van der Waals surface area contributed by atoms with E-state index in [1.807, 2.05) is 12.1 Å². The molecule has 6 heteroatoms. The Morgan fingerprint density at radius 2 is 2.12 bits per heavy atom. The summed E-state index contributed by atoms with van der Waals surface area (Å²) in [4.78, 5) is 21.8. The number of amides is 1. The molecule has 3 heterocycles. The minimum atomic E-state index is -0.566. The van der Waals surface area contributed by atoms with Crippen LogP contribution in [0.15, 0.2) is 48.8 Å². The van der Waals surface area contributed by atoms with Crippen LogP contribution in [0.25, 0.3) is 11.0 Å². The largest absolute Gasteiger partial charge is 0.391 e. The number of carbonyl (C=O) groups excluding carboxylic acids is 1. The van der Waals surface area contributed by atoms with Gasteiger partial charge < -0.3 is 15.0 Å². The van der Waals surface area contributed by atoms with E-state index in [1.165, 1.54) is 12.1 Å². The third-order valence-corrected chi connectivity index (χ3v) is 4.73. The van der Waals surface area contributed by atoms with Crippen LogP contribution >= 0.6 is 0 Å². The molecule has 3 aromatic rings. The molecule has 0 aliphatic carbocycles. The van der Waals surface area contributed by atoms with E-state index in [2.05, 4.69) is 9.97 Å². The Bertz CT molecular complexity index is 906. The van der Waals surface area contributed by atoms with E-state index in [-0.39, 0.29) is 24.2 Å². The Labute approximate surface area is 144 Å². The molecule has 1 fully saturated rings. The SMILES string of the molecule is O=C(Cc1c[nH]c2ncccc12)N1C[C@H](O)C[C@H]1c1ccc(F)cc1. The average Bonchev–Trinajstić information content (AvgIpc) is 3.20. The van der Waals surface area contributed by atoms with Crippen LogP contribution in [-0.2, 0) is 11.2 Å². The molecule has 25 heavy (non-hydrogen) atoms. The van der Waals surface area contributed by atoms with E-state index in [4.69, 9.17) is 0 Å². The predicted molar refractivity (Wildman–Crippen MR) is 91.3 cm³/mol. The van der Waals surface area contributed by atoms with Crippen LogP contribution in [-0.4, -0.2) is 38.5 Å². The molecule has 128 valence electrons. The number of hydrogen-bond acceptors (Lipinski definition) is 3. The number of aliphatic hydroxyl groups excluding tert-OH is 1. The first-order valence-corrected chi connectivity index (χ1v) is 8.26. The summed E-state index contributed by atoms with van der Waals surface area (Å²) >= 11 is 0. The van der Waals surface area contributed by atoms with Gasteiger partial charge in [0.15, 0.2) is 0 Å². The molecule has 1 aliphatic heterocycles. The minimum absolute atomic E-state index is 0.0596. The van der Waals surface area contributed by atoms with Gasteiger partial charge in [0, 0.05) is 24.3 Å². The van der Waals surface area contributed by atoms with Crippen molar-refractivity contribution < 1.29 is 14.3 Å². The number of halogens is 1. The summed E-state index contributed by atoms with van der Waals surface area (Å²) in [6.45, 7) is 0.293. The number of benzene rings is 1. The Morgan fingerprint density at radius 3 is 2.92 bits per heavy atom. The van der Waals surface area contributed by atoms with Gasteiger partial charge in [0.25, 0.3) is 0 Å². The summed E-state index contributed by atoms with van der Waals surface area (Å²) in [5, 5.41) is 11.0. The minimum Gasteiger partial charge on any atom is -0.391 e. The summed E-state index contributed by atoms with van der Waals surface area (Å²) in [5.41, 5.74) is 2.47. The Kier molecular flexibility index (Phi) is 3.97. The van der Waals surface area contributed by atoms with Crippen LogP contribution in [0.4, 0.5) is 4.39 Å². The van der Waals surface area contributed by atoms with Gasteiger partial charge in [-0.3, -0.25) is 4.79 Å². The van der Waals surface area contributed by atoms with Gasteiger partial charge in [0.2, 0.25) is 5.91 Å². The van der Waals surface area contributed by atoms with E-state index >= 15 is 0 Å². The van der Waals surface area contributed by atoms with Crippen molar-refractivity contribution in [1.29, 1.82) is 0 Å². The molecule has 0 bridgehead atoms. The first-order valence-electron chi connectivity index (χ1n) is 8.26. The van der Waals surface area contributed by atoms with Crippen LogP contribution in [0.2, 0.25) is 0 Å². The summed E-state index contributed by atoms with van der Waals surface area (Å²) < 4.78 is 13.2. The van der Waals surface area contributed by atoms with E-state index in [0.717, 1.165) is 22.2 Å². The number of nitrogens with zero attached hydrogens (tertiary/aromatic N) is 2. The number of β-amino-alcohol motifs (C(OH)–C–C–N with tert-alkyl or cyclic N) is 1. The van der Waals surface area contributed by atoms with Gasteiger partial charge in [0.1, 0.15) is 11.5 Å². The van der Waals surface area contributed by atoms with Gasteiger partial charge in [-0.25, -0.2) is 9.37 Å². The number of nitrogens with one attached hydrogen (secondary N) is 1. The van der Waals surface area contributed by atoms with Gasteiger partial charge in [-0.2, -0.15) is 0 Å². The fourth-order valence-electron chi connectivity index (χ4n) is 3.51. The molecule has 2 N–H and O–H groups in total. The highest BCUT2D eigenvalue weighted by atomic mass is 19.1. The number of pyridine rings is 1. The highest BCUT2D eigenvalue weighted by Gasteiger charge is 2.35. The lowest BCUT2D eigenvalue weighted by molar-refractivity contribution is -0.131. The van der Waals surface area contributed by atoms with Crippen molar-refractivity contribution in [2.24, 2.45) is 0 Å². The van der Waals surface area contributed by atoms with Crippen molar-refractivity contribution >= 4 is 16.9 Å². The van der Waals surface area contributed by atoms with E-state index in [9.17, 15) is 14.3 Å². The first kappa shape index (κ1) is 15.8. The molecule has 2 aromatic heterocycles. The molecule has 1 amide bonds. The smallest absolute Gasteiger partial charge is 0.227 e. The zero-order valence-corrected chi connectivity index (χ0v) is 13.5. The van der Waals surface area contributed by atoms with Crippen LogP contribution in [0, 0.1) is 5.82 Å². The molecule has 0 spiro atoms. The molecule has 4 rings (SSSR count). The second kappa shape index (κ2) is 6.29. The molecule has 1 aromatic carbocycles. The highest BCUT2D eigenvalue weighted by Crippen LogP contribution is 2.33. The summed E-state index contributed by atoms with van der Waals surface area (Å²) in [6.07, 6.45) is 3.63. The fraction of sp³-hybridized carbons (Fsp3) is 0.263. The first-order chi connectivity index (χ1) is 12.1. The van der Waals surface area contributed by atoms with Crippen molar-refractivity contribution in [3.05, 3.63) is 65.7 Å². The van der Waals surface area contributed by atoms with Crippen LogP contribution in [0.3, 0.4) is 0 Å². The topological polar surface area (TPSA) is 69.2 Å².